The molecular formula is C11H7F3N4O3. The summed E-state index contributed by atoms with van der Waals surface area (Å²) in [6.45, 7) is -0.433. The normalized spacial score (nSPS) is 12.0. The Morgan fingerprint density at radius 2 is 1.95 bits per heavy atom. The fraction of sp³-hybridized carbons (Fsp3) is 0.182. The quantitative estimate of drug-likeness (QED) is 0.766. The average Bonchev–Trinajstić information content (AvgIpc) is 3.02. The van der Waals surface area contributed by atoms with Crippen molar-refractivity contribution in [3.05, 3.63) is 29.7 Å². The van der Waals surface area contributed by atoms with E-state index in [1.807, 2.05) is 0 Å². The molecule has 0 fully saturated rings. The zero-order chi connectivity index (χ0) is 15.0. The van der Waals surface area contributed by atoms with Gasteiger partial charge < -0.3 is 13.9 Å². The molecule has 3 aromatic rings. The smallest absolute Gasteiger partial charge is 0.416 e. The van der Waals surface area contributed by atoms with E-state index in [0.717, 1.165) is 12.1 Å². The van der Waals surface area contributed by atoms with Crippen molar-refractivity contribution in [1.29, 1.82) is 0 Å². The molecule has 0 saturated heterocycles. The van der Waals surface area contributed by atoms with Crippen molar-refractivity contribution in [2.24, 2.45) is 0 Å². The Hall–Kier alpha value is -2.62. The molecule has 0 amide bonds. The molecule has 21 heavy (non-hydrogen) atoms. The maximum atomic E-state index is 12.6. The number of anilines is 2. The number of nitrogens with zero attached hydrogens (tertiary/aromatic N) is 3. The zero-order valence-corrected chi connectivity index (χ0v) is 10.2. The molecule has 0 spiro atoms. The van der Waals surface area contributed by atoms with E-state index >= 15 is 0 Å². The molecule has 0 bridgehead atoms. The van der Waals surface area contributed by atoms with Gasteiger partial charge in [-0.15, -0.1) is 5.10 Å². The van der Waals surface area contributed by atoms with Crippen LogP contribution in [0.4, 0.5) is 25.2 Å². The fourth-order valence-electron chi connectivity index (χ4n) is 1.62. The van der Waals surface area contributed by atoms with Gasteiger partial charge >= 0.3 is 18.2 Å². The van der Waals surface area contributed by atoms with E-state index in [0.29, 0.717) is 0 Å². The first-order chi connectivity index (χ1) is 9.95. The molecule has 7 nitrogen and oxygen atoms in total. The number of fused-ring (bicyclic) bond motifs is 1. The van der Waals surface area contributed by atoms with Crippen molar-refractivity contribution in [2.75, 3.05) is 5.32 Å². The number of halogens is 3. The molecule has 3 rings (SSSR count). The molecule has 0 aliphatic carbocycles. The Balaban J connectivity index is 1.90. The molecule has 2 heterocycles. The Labute approximate surface area is 114 Å². The first-order valence-electron chi connectivity index (χ1n) is 5.64. The number of alkyl halides is 3. The molecule has 2 aromatic heterocycles. The fourth-order valence-corrected chi connectivity index (χ4v) is 1.62. The van der Waals surface area contributed by atoms with Gasteiger partial charge in [-0.05, 0) is 18.2 Å². The summed E-state index contributed by atoms with van der Waals surface area (Å²) < 4.78 is 47.9. The van der Waals surface area contributed by atoms with E-state index < -0.39 is 18.3 Å². The third-order valence-corrected chi connectivity index (χ3v) is 2.53. The SMILES string of the molecule is OCc1nnc(Nc2nc3cc(C(F)(F)F)ccc3o2)o1. The lowest BCUT2D eigenvalue weighted by Crippen LogP contribution is -2.03. The highest BCUT2D eigenvalue weighted by Gasteiger charge is 2.31. The highest BCUT2D eigenvalue weighted by Crippen LogP contribution is 2.32. The first-order valence-corrected chi connectivity index (χ1v) is 5.64. The van der Waals surface area contributed by atoms with E-state index in [-0.39, 0.29) is 29.0 Å². The maximum Gasteiger partial charge on any atom is 0.416 e. The van der Waals surface area contributed by atoms with Gasteiger partial charge in [0, 0.05) is 0 Å². The largest absolute Gasteiger partial charge is 0.423 e. The van der Waals surface area contributed by atoms with Crippen molar-refractivity contribution in [1.82, 2.24) is 15.2 Å². The predicted octanol–water partition coefficient (Wildman–Crippen LogP) is 2.47. The number of benzene rings is 1. The van der Waals surface area contributed by atoms with Crippen LogP contribution in [-0.2, 0) is 12.8 Å². The van der Waals surface area contributed by atoms with Crippen molar-refractivity contribution in [2.45, 2.75) is 12.8 Å². The van der Waals surface area contributed by atoms with Crippen LogP contribution in [0.5, 0.6) is 0 Å². The van der Waals surface area contributed by atoms with Crippen molar-refractivity contribution in [3.8, 4) is 0 Å². The van der Waals surface area contributed by atoms with Gasteiger partial charge in [0.2, 0.25) is 5.89 Å². The van der Waals surface area contributed by atoms with Crippen molar-refractivity contribution < 1.29 is 27.1 Å². The van der Waals surface area contributed by atoms with Gasteiger partial charge in [0.05, 0.1) is 5.56 Å². The third-order valence-electron chi connectivity index (χ3n) is 2.53. The minimum Gasteiger partial charge on any atom is -0.423 e. The van der Waals surface area contributed by atoms with Crippen molar-refractivity contribution in [3.63, 3.8) is 0 Å². The third kappa shape index (κ3) is 2.65. The summed E-state index contributed by atoms with van der Waals surface area (Å²) in [4.78, 5) is 3.85. The van der Waals surface area contributed by atoms with Crippen LogP contribution in [0.2, 0.25) is 0 Å². The number of oxazole rings is 1. The van der Waals surface area contributed by atoms with Crippen LogP contribution in [0.3, 0.4) is 0 Å². The standard InChI is InChI=1S/C11H7F3N4O3/c12-11(13,14)5-1-2-7-6(3-5)15-9(20-7)16-10-18-17-8(4-19)21-10/h1-3,19H,4H2,(H,15,16,18). The molecule has 0 unspecified atom stereocenters. The highest BCUT2D eigenvalue weighted by molar-refractivity contribution is 5.75. The molecule has 0 aliphatic rings. The van der Waals surface area contributed by atoms with Gasteiger partial charge in [-0.25, -0.2) is 0 Å². The topological polar surface area (TPSA) is 97.2 Å². The highest BCUT2D eigenvalue weighted by atomic mass is 19.4. The summed E-state index contributed by atoms with van der Waals surface area (Å²) in [5.74, 6) is -0.0204. The second kappa shape index (κ2) is 4.74. The summed E-state index contributed by atoms with van der Waals surface area (Å²) in [5.41, 5.74) is -0.614. The molecule has 0 aliphatic heterocycles. The Morgan fingerprint density at radius 3 is 2.62 bits per heavy atom. The number of aliphatic hydroxyl groups excluding tert-OH is 1. The van der Waals surface area contributed by atoms with Gasteiger partial charge in [0.25, 0.3) is 0 Å². The summed E-state index contributed by atoms with van der Waals surface area (Å²) in [6.07, 6.45) is -4.46. The van der Waals surface area contributed by atoms with Gasteiger partial charge in [0.15, 0.2) is 5.58 Å². The van der Waals surface area contributed by atoms with E-state index in [2.05, 4.69) is 20.5 Å². The lowest BCUT2D eigenvalue weighted by molar-refractivity contribution is -0.137. The molecule has 2 N–H and O–H groups in total. The number of rotatable bonds is 3. The molecule has 10 heteroatoms. The molecular weight excluding hydrogens is 293 g/mol. The number of nitrogens with one attached hydrogen (secondary N) is 1. The average molecular weight is 300 g/mol. The molecule has 0 atom stereocenters. The maximum absolute atomic E-state index is 12.6. The molecule has 110 valence electrons. The zero-order valence-electron chi connectivity index (χ0n) is 10.2. The number of aliphatic hydroxyl groups is 1. The van der Waals surface area contributed by atoms with Crippen LogP contribution in [-0.4, -0.2) is 20.3 Å². The monoisotopic (exact) mass is 300 g/mol. The summed E-state index contributed by atoms with van der Waals surface area (Å²) >= 11 is 0. The van der Waals surface area contributed by atoms with E-state index in [9.17, 15) is 13.2 Å². The number of hydrogen-bond donors (Lipinski definition) is 2. The minimum absolute atomic E-state index is 0.0204. The van der Waals surface area contributed by atoms with Gasteiger partial charge in [-0.2, -0.15) is 18.2 Å². The van der Waals surface area contributed by atoms with E-state index in [1.165, 1.54) is 6.07 Å². The van der Waals surface area contributed by atoms with Crippen LogP contribution in [0.15, 0.2) is 27.0 Å². The predicted molar refractivity (Wildman–Crippen MR) is 62.5 cm³/mol. The molecule has 0 radical (unpaired) electrons. The second-order valence-corrected chi connectivity index (χ2v) is 3.98. The lowest BCUT2D eigenvalue weighted by Gasteiger charge is -2.04. The van der Waals surface area contributed by atoms with E-state index in [4.69, 9.17) is 13.9 Å². The van der Waals surface area contributed by atoms with Gasteiger partial charge in [-0.1, -0.05) is 5.10 Å². The summed E-state index contributed by atoms with van der Waals surface area (Å²) in [5, 5.41) is 18.3. The van der Waals surface area contributed by atoms with Crippen LogP contribution < -0.4 is 5.32 Å². The Morgan fingerprint density at radius 1 is 1.14 bits per heavy atom. The van der Waals surface area contributed by atoms with E-state index in [1.54, 1.807) is 0 Å². The van der Waals surface area contributed by atoms with Crippen LogP contribution >= 0.6 is 0 Å². The first kappa shape index (κ1) is 13.4. The van der Waals surface area contributed by atoms with Crippen molar-refractivity contribution >= 4 is 23.1 Å². The number of aromatic nitrogens is 3. The van der Waals surface area contributed by atoms with Crippen LogP contribution in [0.1, 0.15) is 11.5 Å². The van der Waals surface area contributed by atoms with Gasteiger partial charge in [0.1, 0.15) is 12.1 Å². The minimum atomic E-state index is -4.46. The lowest BCUT2D eigenvalue weighted by atomic mass is 10.2. The molecule has 0 saturated carbocycles. The van der Waals surface area contributed by atoms with Gasteiger partial charge in [-0.3, -0.25) is 5.32 Å². The summed E-state index contributed by atoms with van der Waals surface area (Å²) in [7, 11) is 0. The summed E-state index contributed by atoms with van der Waals surface area (Å²) in [6, 6.07) is 2.74. The number of hydrogen-bond acceptors (Lipinski definition) is 7. The van der Waals surface area contributed by atoms with Crippen LogP contribution in [0, 0.1) is 0 Å². The molecule has 1 aromatic carbocycles. The Bertz CT molecular complexity index is 780. The van der Waals surface area contributed by atoms with Crippen LogP contribution in [0.25, 0.3) is 11.1 Å². The Kier molecular flexibility index (Phi) is 3.01. The second-order valence-electron chi connectivity index (χ2n) is 3.98.